The van der Waals surface area contributed by atoms with Crippen LogP contribution >= 0.6 is 23.2 Å². The molecule has 0 fully saturated rings. The lowest BCUT2D eigenvalue weighted by Gasteiger charge is -2.05. The minimum absolute atomic E-state index is 0.142. The molecule has 1 rings (SSSR count). The van der Waals surface area contributed by atoms with Crippen molar-refractivity contribution in [2.24, 2.45) is 0 Å². The lowest BCUT2D eigenvalue weighted by molar-refractivity contribution is 0.312. The number of hydrogen-bond donors (Lipinski definition) is 0. The van der Waals surface area contributed by atoms with E-state index in [2.05, 4.69) is 4.18 Å². The molecule has 0 heterocycles. The maximum absolute atomic E-state index is 10.7. The third kappa shape index (κ3) is 3.46. The van der Waals surface area contributed by atoms with Crippen molar-refractivity contribution >= 4 is 33.3 Å². The van der Waals surface area contributed by atoms with Crippen LogP contribution in [0.3, 0.4) is 0 Å². The van der Waals surface area contributed by atoms with Crippen LogP contribution in [0.4, 0.5) is 0 Å². The van der Waals surface area contributed by atoms with E-state index in [-0.39, 0.29) is 6.61 Å². The summed E-state index contributed by atoms with van der Waals surface area (Å²) in [7, 11) is -3.47. The molecule has 0 saturated carbocycles. The molecule has 0 aliphatic heterocycles. The van der Waals surface area contributed by atoms with Crippen LogP contribution < -0.4 is 0 Å². The van der Waals surface area contributed by atoms with Crippen molar-refractivity contribution in [3.05, 3.63) is 33.8 Å². The van der Waals surface area contributed by atoms with Crippen LogP contribution in [0.5, 0.6) is 0 Å². The topological polar surface area (TPSA) is 43.4 Å². The summed E-state index contributed by atoms with van der Waals surface area (Å²) in [6.07, 6.45) is 0.970. The number of rotatable bonds is 3. The van der Waals surface area contributed by atoms with E-state index >= 15 is 0 Å². The second-order valence-corrected chi connectivity index (χ2v) is 5.12. The zero-order valence-electron chi connectivity index (χ0n) is 7.33. The minimum Gasteiger partial charge on any atom is -0.265 e. The highest BCUT2D eigenvalue weighted by Gasteiger charge is 2.08. The van der Waals surface area contributed by atoms with Crippen LogP contribution in [0.25, 0.3) is 0 Å². The van der Waals surface area contributed by atoms with E-state index in [1.807, 2.05) is 0 Å². The minimum atomic E-state index is -3.47. The van der Waals surface area contributed by atoms with Gasteiger partial charge in [-0.15, -0.1) is 0 Å². The molecular formula is C8H8Cl2O3S. The monoisotopic (exact) mass is 254 g/mol. The Hall–Kier alpha value is -0.290. The maximum Gasteiger partial charge on any atom is 0.264 e. The van der Waals surface area contributed by atoms with E-state index in [4.69, 9.17) is 23.2 Å². The standard InChI is InChI=1S/C8H8Cl2O3S/c1-14(11,12)13-5-6-7(9)3-2-4-8(6)10/h2-4H,5H2,1H3. The highest BCUT2D eigenvalue weighted by Crippen LogP contribution is 2.25. The fourth-order valence-corrected chi connectivity index (χ4v) is 1.67. The van der Waals surface area contributed by atoms with Crippen molar-refractivity contribution in [3.63, 3.8) is 0 Å². The van der Waals surface area contributed by atoms with E-state index in [1.54, 1.807) is 18.2 Å². The molecule has 0 atom stereocenters. The number of benzene rings is 1. The van der Waals surface area contributed by atoms with Crippen molar-refractivity contribution in [1.29, 1.82) is 0 Å². The highest BCUT2D eigenvalue weighted by atomic mass is 35.5. The molecule has 0 unspecified atom stereocenters. The average Bonchev–Trinajstić information content (AvgIpc) is 2.01. The van der Waals surface area contributed by atoms with Gasteiger partial charge >= 0.3 is 0 Å². The van der Waals surface area contributed by atoms with Gasteiger partial charge in [0.1, 0.15) is 0 Å². The van der Waals surface area contributed by atoms with Gasteiger partial charge in [0.25, 0.3) is 10.1 Å². The van der Waals surface area contributed by atoms with Gasteiger partial charge < -0.3 is 0 Å². The molecule has 0 bridgehead atoms. The zero-order chi connectivity index (χ0) is 10.8. The second kappa shape index (κ2) is 4.49. The van der Waals surface area contributed by atoms with Crippen LogP contribution in [-0.2, 0) is 20.9 Å². The van der Waals surface area contributed by atoms with Gasteiger partial charge in [-0.25, -0.2) is 0 Å². The first kappa shape index (κ1) is 11.8. The Kier molecular flexibility index (Phi) is 3.78. The molecule has 0 radical (unpaired) electrons. The molecule has 3 nitrogen and oxygen atoms in total. The Morgan fingerprint density at radius 3 is 2.21 bits per heavy atom. The van der Waals surface area contributed by atoms with Crippen LogP contribution in [0, 0.1) is 0 Å². The van der Waals surface area contributed by atoms with E-state index < -0.39 is 10.1 Å². The summed E-state index contributed by atoms with van der Waals surface area (Å²) >= 11 is 11.6. The lowest BCUT2D eigenvalue weighted by atomic mass is 10.2. The molecule has 0 aromatic heterocycles. The summed E-state index contributed by atoms with van der Waals surface area (Å²) in [6, 6.07) is 4.91. The lowest BCUT2D eigenvalue weighted by Crippen LogP contribution is -2.03. The zero-order valence-corrected chi connectivity index (χ0v) is 9.66. The van der Waals surface area contributed by atoms with Gasteiger partial charge in [0.15, 0.2) is 0 Å². The summed E-state index contributed by atoms with van der Waals surface area (Å²) in [5.41, 5.74) is 0.473. The molecule has 1 aromatic carbocycles. The summed E-state index contributed by atoms with van der Waals surface area (Å²) in [5.74, 6) is 0. The third-order valence-electron chi connectivity index (χ3n) is 1.48. The van der Waals surface area contributed by atoms with Gasteiger partial charge in [0.05, 0.1) is 12.9 Å². The van der Waals surface area contributed by atoms with Crippen LogP contribution in [0.15, 0.2) is 18.2 Å². The van der Waals surface area contributed by atoms with Crippen LogP contribution in [0.1, 0.15) is 5.56 Å². The van der Waals surface area contributed by atoms with Crippen molar-refractivity contribution in [1.82, 2.24) is 0 Å². The Balaban J connectivity index is 2.87. The van der Waals surface area contributed by atoms with Gasteiger partial charge in [-0.3, -0.25) is 4.18 Å². The van der Waals surface area contributed by atoms with Gasteiger partial charge in [0, 0.05) is 15.6 Å². The molecule has 1 aromatic rings. The van der Waals surface area contributed by atoms with E-state index in [0.29, 0.717) is 15.6 Å². The van der Waals surface area contributed by atoms with Gasteiger partial charge in [-0.1, -0.05) is 29.3 Å². The predicted octanol–water partition coefficient (Wildman–Crippen LogP) is 2.47. The third-order valence-corrected chi connectivity index (χ3v) is 2.73. The Morgan fingerprint density at radius 2 is 1.79 bits per heavy atom. The van der Waals surface area contributed by atoms with Crippen molar-refractivity contribution < 1.29 is 12.6 Å². The smallest absolute Gasteiger partial charge is 0.264 e. The fourth-order valence-electron chi connectivity index (χ4n) is 0.836. The first-order chi connectivity index (χ1) is 6.40. The molecule has 0 amide bonds. The summed E-state index contributed by atoms with van der Waals surface area (Å²) in [6.45, 7) is -0.142. The average molecular weight is 255 g/mol. The molecule has 0 saturated heterocycles. The fraction of sp³-hybridized carbons (Fsp3) is 0.250. The number of halogens is 2. The van der Waals surface area contributed by atoms with E-state index in [0.717, 1.165) is 6.26 Å². The van der Waals surface area contributed by atoms with Gasteiger partial charge in [-0.2, -0.15) is 8.42 Å². The largest absolute Gasteiger partial charge is 0.265 e. The van der Waals surface area contributed by atoms with E-state index in [9.17, 15) is 8.42 Å². The van der Waals surface area contributed by atoms with Crippen molar-refractivity contribution in [3.8, 4) is 0 Å². The molecule has 0 aliphatic rings. The Labute approximate surface area is 92.7 Å². The van der Waals surface area contributed by atoms with Crippen LogP contribution in [-0.4, -0.2) is 14.7 Å². The second-order valence-electron chi connectivity index (χ2n) is 2.67. The molecule has 14 heavy (non-hydrogen) atoms. The molecule has 0 spiro atoms. The highest BCUT2D eigenvalue weighted by molar-refractivity contribution is 7.85. The van der Waals surface area contributed by atoms with E-state index in [1.165, 1.54) is 0 Å². The van der Waals surface area contributed by atoms with Crippen LogP contribution in [0.2, 0.25) is 10.0 Å². The molecule has 6 heteroatoms. The number of hydrogen-bond acceptors (Lipinski definition) is 3. The molecule has 78 valence electrons. The molecule has 0 aliphatic carbocycles. The summed E-state index contributed by atoms with van der Waals surface area (Å²) in [4.78, 5) is 0. The Bertz CT molecular complexity index is 408. The van der Waals surface area contributed by atoms with Crippen molar-refractivity contribution in [2.75, 3.05) is 6.26 Å². The summed E-state index contributed by atoms with van der Waals surface area (Å²) < 4.78 is 26.0. The summed E-state index contributed by atoms with van der Waals surface area (Å²) in [5, 5.41) is 0.780. The van der Waals surface area contributed by atoms with Gasteiger partial charge in [0.2, 0.25) is 0 Å². The quantitative estimate of drug-likeness (QED) is 0.779. The molecule has 0 N–H and O–H groups in total. The SMILES string of the molecule is CS(=O)(=O)OCc1c(Cl)cccc1Cl. The Morgan fingerprint density at radius 1 is 1.29 bits per heavy atom. The molecular weight excluding hydrogens is 247 g/mol. The first-order valence-electron chi connectivity index (χ1n) is 3.67. The normalized spacial score (nSPS) is 11.6. The maximum atomic E-state index is 10.7. The van der Waals surface area contributed by atoms with Crippen molar-refractivity contribution in [2.45, 2.75) is 6.61 Å². The first-order valence-corrected chi connectivity index (χ1v) is 6.24. The predicted molar refractivity (Wildman–Crippen MR) is 56.1 cm³/mol. The van der Waals surface area contributed by atoms with Gasteiger partial charge in [-0.05, 0) is 12.1 Å².